The van der Waals surface area contributed by atoms with E-state index in [1.165, 1.54) is 4.70 Å². The molecular formula is C10H12N2OS. The summed E-state index contributed by atoms with van der Waals surface area (Å²) in [6.45, 7) is 0.469. The fourth-order valence-corrected chi connectivity index (χ4v) is 2.38. The Balaban J connectivity index is 2.43. The van der Waals surface area contributed by atoms with Crippen molar-refractivity contribution in [3.63, 3.8) is 0 Å². The van der Waals surface area contributed by atoms with Crippen molar-refractivity contribution in [2.24, 2.45) is 5.73 Å². The van der Waals surface area contributed by atoms with Crippen molar-refractivity contribution in [3.05, 3.63) is 29.3 Å². The molecule has 1 aromatic carbocycles. The zero-order valence-corrected chi connectivity index (χ0v) is 8.75. The van der Waals surface area contributed by atoms with Crippen molar-refractivity contribution in [1.29, 1.82) is 0 Å². The van der Waals surface area contributed by atoms with Crippen LogP contribution in [0.15, 0.2) is 24.3 Å². The first-order valence-electron chi connectivity index (χ1n) is 4.43. The van der Waals surface area contributed by atoms with E-state index in [0.717, 1.165) is 10.5 Å². The summed E-state index contributed by atoms with van der Waals surface area (Å²) in [5, 5.41) is 0.955. The molecule has 1 heterocycles. The summed E-state index contributed by atoms with van der Waals surface area (Å²) in [4.78, 5) is 4.47. The number of methoxy groups -OCH3 is 1. The van der Waals surface area contributed by atoms with Gasteiger partial charge in [0.25, 0.3) is 0 Å². The molecule has 0 spiro atoms. The van der Waals surface area contributed by atoms with Gasteiger partial charge >= 0.3 is 0 Å². The predicted octanol–water partition coefficient (Wildman–Crippen LogP) is 1.94. The topological polar surface area (TPSA) is 48.1 Å². The van der Waals surface area contributed by atoms with Crippen LogP contribution in [0.5, 0.6) is 0 Å². The van der Waals surface area contributed by atoms with Crippen LogP contribution in [-0.4, -0.2) is 18.6 Å². The first kappa shape index (κ1) is 9.58. The van der Waals surface area contributed by atoms with E-state index in [1.807, 2.05) is 18.2 Å². The SMILES string of the molecule is COC(CN)c1nc2ccccc2s1. The van der Waals surface area contributed by atoms with E-state index < -0.39 is 0 Å². The number of fused-ring (bicyclic) bond motifs is 1. The van der Waals surface area contributed by atoms with Crippen LogP contribution in [0.2, 0.25) is 0 Å². The summed E-state index contributed by atoms with van der Waals surface area (Å²) in [5.41, 5.74) is 6.60. The van der Waals surface area contributed by atoms with Gasteiger partial charge in [-0.3, -0.25) is 0 Å². The maximum Gasteiger partial charge on any atom is 0.124 e. The lowest BCUT2D eigenvalue weighted by Gasteiger charge is -2.07. The van der Waals surface area contributed by atoms with E-state index >= 15 is 0 Å². The van der Waals surface area contributed by atoms with Gasteiger partial charge < -0.3 is 10.5 Å². The number of benzene rings is 1. The number of thiazole rings is 1. The van der Waals surface area contributed by atoms with Crippen molar-refractivity contribution in [1.82, 2.24) is 4.98 Å². The smallest absolute Gasteiger partial charge is 0.124 e. The fourth-order valence-electron chi connectivity index (χ4n) is 1.33. The van der Waals surface area contributed by atoms with Gasteiger partial charge in [0, 0.05) is 13.7 Å². The highest BCUT2D eigenvalue weighted by molar-refractivity contribution is 7.18. The van der Waals surface area contributed by atoms with Gasteiger partial charge in [0.15, 0.2) is 0 Å². The zero-order valence-electron chi connectivity index (χ0n) is 7.93. The molecule has 0 saturated carbocycles. The van der Waals surface area contributed by atoms with Crippen molar-refractivity contribution < 1.29 is 4.74 Å². The van der Waals surface area contributed by atoms with Crippen LogP contribution < -0.4 is 5.73 Å². The molecule has 0 aliphatic heterocycles. The van der Waals surface area contributed by atoms with Gasteiger partial charge in [-0.1, -0.05) is 12.1 Å². The highest BCUT2D eigenvalue weighted by atomic mass is 32.1. The lowest BCUT2D eigenvalue weighted by atomic mass is 10.3. The Labute approximate surface area is 86.5 Å². The number of aromatic nitrogens is 1. The van der Waals surface area contributed by atoms with E-state index in [1.54, 1.807) is 18.4 Å². The largest absolute Gasteiger partial charge is 0.373 e. The molecule has 0 bridgehead atoms. The molecule has 0 aliphatic carbocycles. The standard InChI is InChI=1S/C10H12N2OS/c1-13-8(6-11)10-12-7-4-2-3-5-9(7)14-10/h2-5,8H,6,11H2,1H3. The lowest BCUT2D eigenvalue weighted by Crippen LogP contribution is -2.13. The molecule has 3 nitrogen and oxygen atoms in total. The minimum Gasteiger partial charge on any atom is -0.373 e. The molecule has 74 valence electrons. The van der Waals surface area contributed by atoms with Gasteiger partial charge in [-0.05, 0) is 12.1 Å². The molecule has 0 aliphatic rings. The minimum atomic E-state index is -0.0765. The molecule has 0 amide bonds. The van der Waals surface area contributed by atoms with Crippen LogP contribution in [0.1, 0.15) is 11.1 Å². The highest BCUT2D eigenvalue weighted by Crippen LogP contribution is 2.26. The predicted molar refractivity (Wildman–Crippen MR) is 58.4 cm³/mol. The van der Waals surface area contributed by atoms with Crippen molar-refractivity contribution >= 4 is 21.6 Å². The molecule has 2 N–H and O–H groups in total. The fraction of sp³-hybridized carbons (Fsp3) is 0.300. The molecule has 1 aromatic heterocycles. The summed E-state index contributed by atoms with van der Waals surface area (Å²) in [6.07, 6.45) is -0.0765. The van der Waals surface area contributed by atoms with Crippen LogP contribution in [-0.2, 0) is 4.74 Å². The summed E-state index contributed by atoms with van der Waals surface area (Å²) in [5.74, 6) is 0. The summed E-state index contributed by atoms with van der Waals surface area (Å²) in [6, 6.07) is 8.04. The molecule has 0 fully saturated rings. The molecule has 2 rings (SSSR count). The maximum absolute atomic E-state index is 5.58. The number of hydrogen-bond donors (Lipinski definition) is 1. The third-order valence-electron chi connectivity index (χ3n) is 2.08. The van der Waals surface area contributed by atoms with Crippen LogP contribution in [0.25, 0.3) is 10.2 Å². The second-order valence-corrected chi connectivity index (χ2v) is 4.04. The average Bonchev–Trinajstić information content (AvgIpc) is 2.63. The number of hydrogen-bond acceptors (Lipinski definition) is 4. The number of nitrogens with zero attached hydrogens (tertiary/aromatic N) is 1. The first-order valence-corrected chi connectivity index (χ1v) is 5.25. The quantitative estimate of drug-likeness (QED) is 0.838. The Morgan fingerprint density at radius 2 is 2.29 bits per heavy atom. The van der Waals surface area contributed by atoms with E-state index in [2.05, 4.69) is 11.1 Å². The van der Waals surface area contributed by atoms with Crippen LogP contribution >= 0.6 is 11.3 Å². The van der Waals surface area contributed by atoms with Crippen LogP contribution in [0, 0.1) is 0 Å². The van der Waals surface area contributed by atoms with Gasteiger partial charge in [0.05, 0.1) is 10.2 Å². The molecule has 1 atom stereocenters. The normalized spacial score (nSPS) is 13.3. The van der Waals surface area contributed by atoms with E-state index in [0.29, 0.717) is 6.54 Å². The van der Waals surface area contributed by atoms with Crippen molar-refractivity contribution in [2.75, 3.05) is 13.7 Å². The summed E-state index contributed by atoms with van der Waals surface area (Å²) < 4.78 is 6.42. The van der Waals surface area contributed by atoms with E-state index in [4.69, 9.17) is 10.5 Å². The van der Waals surface area contributed by atoms with Gasteiger partial charge in [0.2, 0.25) is 0 Å². The second kappa shape index (κ2) is 4.04. The van der Waals surface area contributed by atoms with Crippen molar-refractivity contribution in [3.8, 4) is 0 Å². The van der Waals surface area contributed by atoms with Gasteiger partial charge in [0.1, 0.15) is 11.1 Å². The molecule has 2 aromatic rings. The Hall–Kier alpha value is -0.970. The Bertz CT molecular complexity index is 390. The minimum absolute atomic E-state index is 0.0765. The molecule has 4 heteroatoms. The molecule has 0 radical (unpaired) electrons. The van der Waals surface area contributed by atoms with Crippen LogP contribution in [0.4, 0.5) is 0 Å². The number of ether oxygens (including phenoxy) is 1. The molecule has 14 heavy (non-hydrogen) atoms. The maximum atomic E-state index is 5.58. The summed E-state index contributed by atoms with van der Waals surface area (Å²) >= 11 is 1.64. The zero-order chi connectivity index (χ0) is 9.97. The van der Waals surface area contributed by atoms with Gasteiger partial charge in [-0.2, -0.15) is 0 Å². The third-order valence-corrected chi connectivity index (χ3v) is 3.21. The summed E-state index contributed by atoms with van der Waals surface area (Å²) in [7, 11) is 1.66. The molecular weight excluding hydrogens is 196 g/mol. The van der Waals surface area contributed by atoms with E-state index in [9.17, 15) is 0 Å². The number of para-hydroxylation sites is 1. The highest BCUT2D eigenvalue weighted by Gasteiger charge is 2.13. The van der Waals surface area contributed by atoms with Gasteiger partial charge in [-0.25, -0.2) is 4.98 Å². The second-order valence-electron chi connectivity index (χ2n) is 2.98. The lowest BCUT2D eigenvalue weighted by molar-refractivity contribution is 0.110. The third kappa shape index (κ3) is 1.64. The van der Waals surface area contributed by atoms with Crippen molar-refractivity contribution in [2.45, 2.75) is 6.10 Å². The van der Waals surface area contributed by atoms with E-state index in [-0.39, 0.29) is 6.10 Å². The van der Waals surface area contributed by atoms with Crippen LogP contribution in [0.3, 0.4) is 0 Å². The monoisotopic (exact) mass is 208 g/mol. The number of nitrogens with two attached hydrogens (primary N) is 1. The Morgan fingerprint density at radius 1 is 1.50 bits per heavy atom. The molecule has 1 unspecified atom stereocenters. The Kier molecular flexibility index (Phi) is 2.77. The van der Waals surface area contributed by atoms with Gasteiger partial charge in [-0.15, -0.1) is 11.3 Å². The average molecular weight is 208 g/mol. The Morgan fingerprint density at radius 3 is 2.93 bits per heavy atom. The molecule has 0 saturated heterocycles. The first-order chi connectivity index (χ1) is 6.85. The number of rotatable bonds is 3.